The highest BCUT2D eigenvalue weighted by Gasteiger charge is 2.18. The highest BCUT2D eigenvalue weighted by molar-refractivity contribution is 6.30. The standard InChI is InChI=1S/C20H18ClN5O6/c1-31-16-7-4-13(21)11-15(16)18-24-20(32-25-18)19(28)23-9-8-22-17(27)10-12-2-5-14(6-3-12)26(29)30/h2-7,11H,8-10H2,1H3,(H,22,27)(H,23,28). The normalized spacial score (nSPS) is 10.4. The van der Waals surface area contributed by atoms with Crippen molar-refractivity contribution >= 4 is 29.1 Å². The Hall–Kier alpha value is -3.99. The Kier molecular flexibility index (Phi) is 7.34. The van der Waals surface area contributed by atoms with Gasteiger partial charge in [0.25, 0.3) is 5.69 Å². The summed E-state index contributed by atoms with van der Waals surface area (Å²) in [6.07, 6.45) is 0.0560. The number of nitro groups is 1. The Morgan fingerprint density at radius 3 is 2.56 bits per heavy atom. The van der Waals surface area contributed by atoms with E-state index in [9.17, 15) is 19.7 Å². The second-order valence-corrected chi connectivity index (χ2v) is 6.91. The van der Waals surface area contributed by atoms with E-state index < -0.39 is 10.8 Å². The number of non-ortho nitro benzene ring substituents is 1. The van der Waals surface area contributed by atoms with E-state index in [2.05, 4.69) is 20.8 Å². The fourth-order valence-corrected chi connectivity index (χ4v) is 2.89. The number of nitro benzene ring substituents is 1. The first-order valence-electron chi connectivity index (χ1n) is 9.33. The number of hydrogen-bond donors (Lipinski definition) is 2. The van der Waals surface area contributed by atoms with Crippen LogP contribution in [0.5, 0.6) is 5.75 Å². The van der Waals surface area contributed by atoms with Crippen molar-refractivity contribution in [2.24, 2.45) is 0 Å². The lowest BCUT2D eigenvalue weighted by Gasteiger charge is -2.06. The number of rotatable bonds is 9. The zero-order valence-electron chi connectivity index (χ0n) is 16.8. The van der Waals surface area contributed by atoms with Gasteiger partial charge in [-0.3, -0.25) is 19.7 Å². The van der Waals surface area contributed by atoms with Gasteiger partial charge in [-0.2, -0.15) is 4.98 Å². The number of methoxy groups -OCH3 is 1. The number of halogens is 1. The van der Waals surface area contributed by atoms with Gasteiger partial charge in [0.2, 0.25) is 11.7 Å². The van der Waals surface area contributed by atoms with Crippen LogP contribution in [0.4, 0.5) is 5.69 Å². The lowest BCUT2D eigenvalue weighted by atomic mass is 10.1. The molecule has 2 N–H and O–H groups in total. The summed E-state index contributed by atoms with van der Waals surface area (Å²) in [5.41, 5.74) is 1.06. The molecule has 2 aromatic carbocycles. The van der Waals surface area contributed by atoms with E-state index in [0.29, 0.717) is 21.9 Å². The molecule has 0 aliphatic heterocycles. The first-order valence-corrected chi connectivity index (χ1v) is 9.71. The quantitative estimate of drug-likeness (QED) is 0.281. The Bertz CT molecular complexity index is 1130. The molecule has 0 spiro atoms. The Labute approximate surface area is 186 Å². The monoisotopic (exact) mass is 459 g/mol. The van der Waals surface area contributed by atoms with Crippen LogP contribution in [0.15, 0.2) is 47.0 Å². The van der Waals surface area contributed by atoms with Crippen LogP contribution >= 0.6 is 11.6 Å². The molecule has 3 aromatic rings. The molecule has 2 amide bonds. The lowest BCUT2D eigenvalue weighted by molar-refractivity contribution is -0.384. The number of aromatic nitrogens is 2. The van der Waals surface area contributed by atoms with E-state index >= 15 is 0 Å². The minimum absolute atomic E-state index is 0.0464. The van der Waals surface area contributed by atoms with E-state index in [1.165, 1.54) is 31.4 Å². The number of amides is 2. The molecule has 0 saturated carbocycles. The zero-order valence-corrected chi connectivity index (χ0v) is 17.6. The summed E-state index contributed by atoms with van der Waals surface area (Å²) in [6.45, 7) is 0.295. The maximum Gasteiger partial charge on any atom is 0.316 e. The van der Waals surface area contributed by atoms with Crippen LogP contribution in [0.25, 0.3) is 11.4 Å². The van der Waals surface area contributed by atoms with Crippen molar-refractivity contribution in [1.29, 1.82) is 0 Å². The summed E-state index contributed by atoms with van der Waals surface area (Å²) < 4.78 is 10.2. The van der Waals surface area contributed by atoms with Gasteiger partial charge in [-0.25, -0.2) is 0 Å². The summed E-state index contributed by atoms with van der Waals surface area (Å²) in [7, 11) is 1.48. The molecule has 3 rings (SSSR count). The van der Waals surface area contributed by atoms with Crippen molar-refractivity contribution in [2.75, 3.05) is 20.2 Å². The molecule has 32 heavy (non-hydrogen) atoms. The number of nitrogens with zero attached hydrogens (tertiary/aromatic N) is 3. The van der Waals surface area contributed by atoms with E-state index in [1.54, 1.807) is 18.2 Å². The molecule has 0 unspecified atom stereocenters. The fourth-order valence-electron chi connectivity index (χ4n) is 2.72. The highest BCUT2D eigenvalue weighted by atomic mass is 35.5. The molecule has 11 nitrogen and oxygen atoms in total. The zero-order chi connectivity index (χ0) is 23.1. The fraction of sp³-hybridized carbons (Fsp3) is 0.200. The molecule has 0 radical (unpaired) electrons. The molecular formula is C20H18ClN5O6. The largest absolute Gasteiger partial charge is 0.496 e. The predicted octanol–water partition coefficient (Wildman–Crippen LogP) is 2.40. The van der Waals surface area contributed by atoms with Gasteiger partial charge in [0.1, 0.15) is 5.75 Å². The molecule has 0 bridgehead atoms. The SMILES string of the molecule is COc1ccc(Cl)cc1-c1noc(C(=O)NCCNC(=O)Cc2ccc([N+](=O)[O-])cc2)n1. The van der Waals surface area contributed by atoms with Crippen LogP contribution in [0.3, 0.4) is 0 Å². The van der Waals surface area contributed by atoms with E-state index in [-0.39, 0.29) is 42.8 Å². The number of benzene rings is 2. The van der Waals surface area contributed by atoms with Gasteiger partial charge in [0, 0.05) is 30.2 Å². The van der Waals surface area contributed by atoms with Gasteiger partial charge in [-0.15, -0.1) is 0 Å². The smallest absolute Gasteiger partial charge is 0.316 e. The summed E-state index contributed by atoms with van der Waals surface area (Å²) in [5.74, 6) is -0.529. The third-order valence-electron chi connectivity index (χ3n) is 4.27. The van der Waals surface area contributed by atoms with Crippen molar-refractivity contribution in [3.05, 3.63) is 69.1 Å². The summed E-state index contributed by atoms with van der Waals surface area (Å²) in [5, 5.41) is 20.1. The molecular weight excluding hydrogens is 442 g/mol. The van der Waals surface area contributed by atoms with Gasteiger partial charge in [-0.05, 0) is 23.8 Å². The first kappa shape index (κ1) is 22.7. The third kappa shape index (κ3) is 5.79. The van der Waals surface area contributed by atoms with Crippen molar-refractivity contribution < 1.29 is 23.8 Å². The number of ether oxygens (including phenoxy) is 1. The van der Waals surface area contributed by atoms with Crippen LogP contribution in [0.1, 0.15) is 16.2 Å². The highest BCUT2D eigenvalue weighted by Crippen LogP contribution is 2.30. The minimum Gasteiger partial charge on any atom is -0.496 e. The van der Waals surface area contributed by atoms with Crippen LogP contribution in [-0.2, 0) is 11.2 Å². The molecule has 0 aliphatic carbocycles. The lowest BCUT2D eigenvalue weighted by Crippen LogP contribution is -2.35. The van der Waals surface area contributed by atoms with Crippen LogP contribution in [0, 0.1) is 10.1 Å². The Morgan fingerprint density at radius 1 is 1.16 bits per heavy atom. The molecule has 0 fully saturated rings. The molecule has 0 aliphatic rings. The number of carbonyl (C=O) groups excluding carboxylic acids is 2. The van der Waals surface area contributed by atoms with Crippen molar-refractivity contribution in [2.45, 2.75) is 6.42 Å². The third-order valence-corrected chi connectivity index (χ3v) is 4.50. The molecule has 0 atom stereocenters. The molecule has 12 heteroatoms. The van der Waals surface area contributed by atoms with Crippen LogP contribution in [-0.4, -0.2) is 47.1 Å². The molecule has 166 valence electrons. The summed E-state index contributed by atoms with van der Waals surface area (Å²) in [4.78, 5) is 38.4. The maximum atomic E-state index is 12.2. The average molecular weight is 460 g/mol. The minimum atomic E-state index is -0.602. The van der Waals surface area contributed by atoms with Crippen LogP contribution < -0.4 is 15.4 Å². The average Bonchev–Trinajstić information content (AvgIpc) is 3.27. The molecule has 0 saturated heterocycles. The van der Waals surface area contributed by atoms with Crippen molar-refractivity contribution in [3.8, 4) is 17.1 Å². The topological polar surface area (TPSA) is 149 Å². The summed E-state index contributed by atoms with van der Waals surface area (Å²) >= 11 is 5.99. The van der Waals surface area contributed by atoms with Crippen LogP contribution in [0.2, 0.25) is 5.02 Å². The Morgan fingerprint density at radius 2 is 1.88 bits per heavy atom. The van der Waals surface area contributed by atoms with E-state index in [4.69, 9.17) is 20.9 Å². The maximum absolute atomic E-state index is 12.2. The van der Waals surface area contributed by atoms with Crippen molar-refractivity contribution in [3.63, 3.8) is 0 Å². The van der Waals surface area contributed by atoms with Gasteiger partial charge >= 0.3 is 11.8 Å². The number of hydrogen-bond acceptors (Lipinski definition) is 8. The van der Waals surface area contributed by atoms with Gasteiger partial charge < -0.3 is 19.9 Å². The molecule has 1 heterocycles. The first-order chi connectivity index (χ1) is 15.4. The van der Waals surface area contributed by atoms with Crippen molar-refractivity contribution in [1.82, 2.24) is 20.8 Å². The molecule has 1 aromatic heterocycles. The second kappa shape index (κ2) is 10.4. The van der Waals surface area contributed by atoms with E-state index in [1.807, 2.05) is 0 Å². The predicted molar refractivity (Wildman–Crippen MR) is 113 cm³/mol. The second-order valence-electron chi connectivity index (χ2n) is 6.47. The Balaban J connectivity index is 1.47. The number of carbonyl (C=O) groups is 2. The van der Waals surface area contributed by atoms with Gasteiger partial charge in [-0.1, -0.05) is 28.9 Å². The van der Waals surface area contributed by atoms with Gasteiger partial charge in [0.15, 0.2) is 0 Å². The summed E-state index contributed by atoms with van der Waals surface area (Å²) in [6, 6.07) is 10.6. The van der Waals surface area contributed by atoms with Gasteiger partial charge in [0.05, 0.1) is 24.0 Å². The number of nitrogens with one attached hydrogen (secondary N) is 2. The van der Waals surface area contributed by atoms with E-state index in [0.717, 1.165) is 0 Å².